The summed E-state index contributed by atoms with van der Waals surface area (Å²) in [7, 11) is 1.62. The van der Waals surface area contributed by atoms with E-state index in [2.05, 4.69) is 10.2 Å². The van der Waals surface area contributed by atoms with Crippen LogP contribution in [0.15, 0.2) is 48.5 Å². The lowest BCUT2D eigenvalue weighted by Gasteiger charge is -2.17. The van der Waals surface area contributed by atoms with Crippen molar-refractivity contribution in [2.75, 3.05) is 18.6 Å². The highest BCUT2D eigenvalue weighted by Gasteiger charge is 2.20. The van der Waals surface area contributed by atoms with Gasteiger partial charge in [-0.25, -0.2) is 0 Å². The zero-order valence-corrected chi connectivity index (χ0v) is 15.9. The van der Waals surface area contributed by atoms with Gasteiger partial charge in [-0.3, -0.25) is 9.69 Å². The maximum absolute atomic E-state index is 12.8. The molecule has 0 N–H and O–H groups in total. The van der Waals surface area contributed by atoms with Gasteiger partial charge in [-0.05, 0) is 37.1 Å². The highest BCUT2D eigenvalue weighted by Crippen LogP contribution is 2.31. The largest absolute Gasteiger partial charge is 0.497 e. The number of carbonyl (C=O) groups is 1. The Morgan fingerprint density at radius 1 is 1.15 bits per heavy atom. The smallest absolute Gasteiger partial charge is 0.233 e. The first-order valence-electron chi connectivity index (χ1n) is 8.45. The fourth-order valence-electron chi connectivity index (χ4n) is 2.72. The van der Waals surface area contributed by atoms with E-state index in [1.165, 1.54) is 11.3 Å². The lowest BCUT2D eigenvalue weighted by Crippen LogP contribution is -2.31. The molecule has 0 radical (unpaired) electrons. The Labute approximate surface area is 157 Å². The minimum Gasteiger partial charge on any atom is -0.497 e. The van der Waals surface area contributed by atoms with Gasteiger partial charge in [-0.2, -0.15) is 0 Å². The Hall–Kier alpha value is -2.73. The van der Waals surface area contributed by atoms with E-state index in [1.807, 2.05) is 62.4 Å². The van der Waals surface area contributed by atoms with Gasteiger partial charge >= 0.3 is 0 Å². The van der Waals surface area contributed by atoms with Gasteiger partial charge in [0.25, 0.3) is 0 Å². The number of amides is 1. The molecule has 0 saturated heterocycles. The van der Waals surface area contributed by atoms with Gasteiger partial charge in [-0.15, -0.1) is 10.2 Å². The second kappa shape index (κ2) is 8.10. The Morgan fingerprint density at radius 3 is 2.69 bits per heavy atom. The van der Waals surface area contributed by atoms with Crippen molar-refractivity contribution in [2.45, 2.75) is 20.3 Å². The minimum atomic E-state index is -0.00626. The standard InChI is InChI=1S/C20H21N3O2S/c1-4-23(18(24)13-15-9-7-10-16(12-15)25-3)20-22-21-19(26-20)17-11-6-5-8-14(17)2/h5-12H,4,13H2,1-3H3. The lowest BCUT2D eigenvalue weighted by molar-refractivity contribution is -0.117. The van der Waals surface area contributed by atoms with Crippen LogP contribution in [0.2, 0.25) is 0 Å². The highest BCUT2D eigenvalue weighted by atomic mass is 32.1. The number of aromatic nitrogens is 2. The van der Waals surface area contributed by atoms with Crippen molar-refractivity contribution in [3.05, 3.63) is 59.7 Å². The number of hydrogen-bond acceptors (Lipinski definition) is 5. The zero-order chi connectivity index (χ0) is 18.5. The van der Waals surface area contributed by atoms with E-state index in [0.29, 0.717) is 18.1 Å². The summed E-state index contributed by atoms with van der Waals surface area (Å²) in [6, 6.07) is 15.6. The third-order valence-corrected chi connectivity index (χ3v) is 5.11. The lowest BCUT2D eigenvalue weighted by atomic mass is 10.1. The first-order valence-corrected chi connectivity index (χ1v) is 9.26. The van der Waals surface area contributed by atoms with Crippen LogP contribution in [0, 0.1) is 6.92 Å². The normalized spacial score (nSPS) is 10.6. The molecule has 0 fully saturated rings. The number of ether oxygens (including phenoxy) is 1. The number of likely N-dealkylation sites (N-methyl/N-ethyl adjacent to an activating group) is 1. The van der Waals surface area contributed by atoms with Crippen LogP contribution in [-0.2, 0) is 11.2 Å². The van der Waals surface area contributed by atoms with Crippen LogP contribution in [0.1, 0.15) is 18.1 Å². The summed E-state index contributed by atoms with van der Waals surface area (Å²) in [5.74, 6) is 0.740. The van der Waals surface area contributed by atoms with Crippen LogP contribution in [-0.4, -0.2) is 29.8 Å². The summed E-state index contributed by atoms with van der Waals surface area (Å²) < 4.78 is 5.23. The molecule has 0 aliphatic rings. The Kier molecular flexibility index (Phi) is 5.63. The van der Waals surface area contributed by atoms with E-state index in [9.17, 15) is 4.79 Å². The van der Waals surface area contributed by atoms with Gasteiger partial charge < -0.3 is 4.74 Å². The van der Waals surface area contributed by atoms with Crippen LogP contribution in [0.4, 0.5) is 5.13 Å². The highest BCUT2D eigenvalue weighted by molar-refractivity contribution is 7.18. The maximum atomic E-state index is 12.8. The summed E-state index contributed by atoms with van der Waals surface area (Å²) in [4.78, 5) is 14.5. The fraction of sp³-hybridized carbons (Fsp3) is 0.250. The molecule has 1 heterocycles. The first kappa shape index (κ1) is 18.1. The molecule has 0 saturated carbocycles. The molecule has 1 amide bonds. The van der Waals surface area contributed by atoms with Gasteiger partial charge in [0.15, 0.2) is 0 Å². The number of anilines is 1. The van der Waals surface area contributed by atoms with Crippen LogP contribution in [0.5, 0.6) is 5.75 Å². The number of hydrogen-bond donors (Lipinski definition) is 0. The molecule has 0 bridgehead atoms. The Balaban J connectivity index is 1.80. The molecule has 0 unspecified atom stereocenters. The van der Waals surface area contributed by atoms with Crippen molar-refractivity contribution < 1.29 is 9.53 Å². The van der Waals surface area contributed by atoms with Gasteiger partial charge in [0, 0.05) is 12.1 Å². The molecule has 0 aliphatic heterocycles. The van der Waals surface area contributed by atoms with E-state index in [4.69, 9.17) is 4.74 Å². The summed E-state index contributed by atoms with van der Waals surface area (Å²) in [6.45, 7) is 4.53. The van der Waals surface area contributed by atoms with Crippen molar-refractivity contribution in [3.8, 4) is 16.3 Å². The number of methoxy groups -OCH3 is 1. The van der Waals surface area contributed by atoms with E-state index >= 15 is 0 Å². The number of rotatable bonds is 6. The molecule has 3 rings (SSSR count). The summed E-state index contributed by atoms with van der Waals surface area (Å²) in [5.41, 5.74) is 3.10. The van der Waals surface area contributed by atoms with Gasteiger partial charge in [0.05, 0.1) is 13.5 Å². The number of benzene rings is 2. The van der Waals surface area contributed by atoms with Gasteiger partial charge in [-0.1, -0.05) is 47.7 Å². The summed E-state index contributed by atoms with van der Waals surface area (Å²) in [5, 5.41) is 9.99. The first-order chi connectivity index (χ1) is 12.6. The Bertz CT molecular complexity index is 907. The molecule has 2 aromatic carbocycles. The molecule has 0 spiro atoms. The molecule has 0 aliphatic carbocycles. The molecule has 1 aromatic heterocycles. The monoisotopic (exact) mass is 367 g/mol. The molecule has 3 aromatic rings. The van der Waals surface area contributed by atoms with Crippen molar-refractivity contribution in [2.24, 2.45) is 0 Å². The SMILES string of the molecule is CCN(C(=O)Cc1cccc(OC)c1)c1nnc(-c2ccccc2C)s1. The number of aryl methyl sites for hydroxylation is 1. The number of carbonyl (C=O) groups excluding carboxylic acids is 1. The third kappa shape index (κ3) is 3.91. The molecule has 0 atom stereocenters. The van der Waals surface area contributed by atoms with Crippen LogP contribution < -0.4 is 9.64 Å². The van der Waals surface area contributed by atoms with Crippen LogP contribution in [0.25, 0.3) is 10.6 Å². The molecule has 5 nitrogen and oxygen atoms in total. The second-order valence-electron chi connectivity index (χ2n) is 5.87. The molecule has 134 valence electrons. The summed E-state index contributed by atoms with van der Waals surface area (Å²) in [6.07, 6.45) is 0.296. The van der Waals surface area contributed by atoms with E-state index in [0.717, 1.165) is 27.4 Å². The molecular formula is C20H21N3O2S. The van der Waals surface area contributed by atoms with Crippen molar-refractivity contribution in [1.82, 2.24) is 10.2 Å². The predicted octanol–water partition coefficient (Wildman–Crippen LogP) is 4.12. The predicted molar refractivity (Wildman–Crippen MR) is 105 cm³/mol. The average Bonchev–Trinajstić information content (AvgIpc) is 3.12. The average molecular weight is 367 g/mol. The third-order valence-electron chi connectivity index (χ3n) is 4.13. The Morgan fingerprint density at radius 2 is 1.96 bits per heavy atom. The van der Waals surface area contributed by atoms with Crippen LogP contribution in [0.3, 0.4) is 0 Å². The van der Waals surface area contributed by atoms with E-state index < -0.39 is 0 Å². The fourth-order valence-corrected chi connectivity index (χ4v) is 3.73. The second-order valence-corrected chi connectivity index (χ2v) is 6.83. The van der Waals surface area contributed by atoms with Crippen LogP contribution >= 0.6 is 11.3 Å². The van der Waals surface area contributed by atoms with Crippen molar-refractivity contribution >= 4 is 22.4 Å². The van der Waals surface area contributed by atoms with Gasteiger partial charge in [0.1, 0.15) is 10.8 Å². The quantitative estimate of drug-likeness (QED) is 0.658. The molecule has 26 heavy (non-hydrogen) atoms. The van der Waals surface area contributed by atoms with E-state index in [1.54, 1.807) is 12.0 Å². The molecular weight excluding hydrogens is 346 g/mol. The van der Waals surface area contributed by atoms with Crippen molar-refractivity contribution in [3.63, 3.8) is 0 Å². The van der Waals surface area contributed by atoms with Gasteiger partial charge in [0.2, 0.25) is 11.0 Å². The maximum Gasteiger partial charge on any atom is 0.233 e. The minimum absolute atomic E-state index is 0.00626. The number of nitrogens with zero attached hydrogens (tertiary/aromatic N) is 3. The summed E-state index contributed by atoms with van der Waals surface area (Å²) >= 11 is 1.44. The molecule has 6 heteroatoms. The topological polar surface area (TPSA) is 55.3 Å². The van der Waals surface area contributed by atoms with Crippen molar-refractivity contribution in [1.29, 1.82) is 0 Å². The zero-order valence-electron chi connectivity index (χ0n) is 15.1. The van der Waals surface area contributed by atoms with E-state index in [-0.39, 0.29) is 5.91 Å².